The average molecular weight is 307 g/mol. The number of carboxylic acids is 1. The number of carbonyl (C=O) groups excluding carboxylic acids is 1. The summed E-state index contributed by atoms with van der Waals surface area (Å²) in [5.74, 6) is 0.245. The predicted molar refractivity (Wildman–Crippen MR) is 79.3 cm³/mol. The minimum Gasteiger partial charge on any atom is -0.480 e. The molecule has 0 unspecified atom stereocenters. The molecular formula is C15H17NO4S. The van der Waals surface area contributed by atoms with Crippen molar-refractivity contribution in [1.82, 2.24) is 5.32 Å². The summed E-state index contributed by atoms with van der Waals surface area (Å²) < 4.78 is 5.33. The van der Waals surface area contributed by atoms with Gasteiger partial charge in [-0.15, -0.1) is 0 Å². The van der Waals surface area contributed by atoms with Gasteiger partial charge in [-0.2, -0.15) is 11.8 Å². The number of aliphatic carboxylic acids is 1. The van der Waals surface area contributed by atoms with Crippen LogP contribution in [0.15, 0.2) is 18.2 Å². The molecule has 5 nitrogen and oxygen atoms in total. The van der Waals surface area contributed by atoms with Crippen molar-refractivity contribution in [3.8, 4) is 0 Å². The van der Waals surface area contributed by atoms with E-state index in [1.165, 1.54) is 0 Å². The second-order valence-electron chi connectivity index (χ2n) is 5.43. The smallest absolute Gasteiger partial charge is 0.329 e. The summed E-state index contributed by atoms with van der Waals surface area (Å²) in [5, 5.41) is 12.2. The van der Waals surface area contributed by atoms with Crippen molar-refractivity contribution in [3.63, 3.8) is 0 Å². The van der Waals surface area contributed by atoms with Crippen LogP contribution in [0.3, 0.4) is 0 Å². The van der Waals surface area contributed by atoms with Crippen LogP contribution in [0.25, 0.3) is 0 Å². The molecule has 21 heavy (non-hydrogen) atoms. The number of hydrogen-bond donors (Lipinski definition) is 2. The number of rotatable bonds is 3. The molecule has 1 fully saturated rings. The van der Waals surface area contributed by atoms with Crippen LogP contribution in [-0.2, 0) is 22.7 Å². The van der Waals surface area contributed by atoms with E-state index >= 15 is 0 Å². The molecule has 0 saturated carbocycles. The van der Waals surface area contributed by atoms with Gasteiger partial charge in [0.2, 0.25) is 0 Å². The van der Waals surface area contributed by atoms with Crippen LogP contribution in [-0.4, -0.2) is 34.0 Å². The minimum atomic E-state index is -1.13. The SMILES string of the molecule is O=C(NC1(C(=O)O)CCSCC1)c1ccc2c(c1)COC2. The maximum atomic E-state index is 12.4. The maximum Gasteiger partial charge on any atom is 0.329 e. The number of carboxylic acid groups (broad SMARTS) is 1. The van der Waals surface area contributed by atoms with Gasteiger partial charge in [0, 0.05) is 5.56 Å². The van der Waals surface area contributed by atoms with Crippen LogP contribution < -0.4 is 5.32 Å². The molecule has 1 aromatic carbocycles. The largest absolute Gasteiger partial charge is 0.480 e. The summed E-state index contributed by atoms with van der Waals surface area (Å²) in [6.45, 7) is 1.09. The summed E-state index contributed by atoms with van der Waals surface area (Å²) in [5.41, 5.74) is 1.47. The van der Waals surface area contributed by atoms with Crippen molar-refractivity contribution in [3.05, 3.63) is 34.9 Å². The molecule has 2 aliphatic rings. The van der Waals surface area contributed by atoms with Crippen LogP contribution in [0.5, 0.6) is 0 Å². The highest BCUT2D eigenvalue weighted by Crippen LogP contribution is 2.28. The summed E-state index contributed by atoms with van der Waals surface area (Å²) in [7, 11) is 0. The number of thioether (sulfide) groups is 1. The van der Waals surface area contributed by atoms with Gasteiger partial charge >= 0.3 is 5.97 Å². The van der Waals surface area contributed by atoms with E-state index in [0.717, 1.165) is 22.6 Å². The first kappa shape index (κ1) is 14.4. The Balaban J connectivity index is 1.80. The van der Waals surface area contributed by atoms with Gasteiger partial charge in [0.15, 0.2) is 0 Å². The Morgan fingerprint density at radius 2 is 1.90 bits per heavy atom. The van der Waals surface area contributed by atoms with Crippen molar-refractivity contribution < 1.29 is 19.4 Å². The van der Waals surface area contributed by atoms with Crippen molar-refractivity contribution >= 4 is 23.6 Å². The molecular weight excluding hydrogens is 290 g/mol. The van der Waals surface area contributed by atoms with Gasteiger partial charge in [0.1, 0.15) is 5.54 Å². The fraction of sp³-hybridized carbons (Fsp3) is 0.467. The molecule has 0 radical (unpaired) electrons. The molecule has 0 spiro atoms. The lowest BCUT2D eigenvalue weighted by Gasteiger charge is -2.33. The topological polar surface area (TPSA) is 75.6 Å². The average Bonchev–Trinajstić information content (AvgIpc) is 2.95. The summed E-state index contributed by atoms with van der Waals surface area (Å²) in [6, 6.07) is 5.40. The van der Waals surface area contributed by atoms with E-state index in [1.54, 1.807) is 23.9 Å². The monoisotopic (exact) mass is 307 g/mol. The molecule has 2 N–H and O–H groups in total. The highest BCUT2D eigenvalue weighted by atomic mass is 32.2. The van der Waals surface area contributed by atoms with Gasteiger partial charge in [0.25, 0.3) is 5.91 Å². The Morgan fingerprint density at radius 3 is 2.62 bits per heavy atom. The Kier molecular flexibility index (Phi) is 3.91. The third-order valence-electron chi connectivity index (χ3n) is 4.09. The molecule has 2 aliphatic heterocycles. The number of amides is 1. The van der Waals surface area contributed by atoms with Gasteiger partial charge < -0.3 is 15.2 Å². The Bertz CT molecular complexity index is 581. The molecule has 3 rings (SSSR count). The predicted octanol–water partition coefficient (Wildman–Crippen LogP) is 1.80. The van der Waals surface area contributed by atoms with Gasteiger partial charge in [0.05, 0.1) is 13.2 Å². The van der Waals surface area contributed by atoms with E-state index < -0.39 is 11.5 Å². The number of hydrogen-bond acceptors (Lipinski definition) is 4. The highest BCUT2D eigenvalue weighted by molar-refractivity contribution is 7.99. The Morgan fingerprint density at radius 1 is 1.19 bits per heavy atom. The number of benzene rings is 1. The van der Waals surface area contributed by atoms with Crippen molar-refractivity contribution in [2.45, 2.75) is 31.6 Å². The lowest BCUT2D eigenvalue weighted by molar-refractivity contribution is -0.144. The lowest BCUT2D eigenvalue weighted by Crippen LogP contribution is -2.56. The van der Waals surface area contributed by atoms with E-state index in [2.05, 4.69) is 5.32 Å². The lowest BCUT2D eigenvalue weighted by atomic mass is 9.91. The number of ether oxygens (including phenoxy) is 1. The van der Waals surface area contributed by atoms with E-state index in [-0.39, 0.29) is 5.91 Å². The molecule has 6 heteroatoms. The fourth-order valence-corrected chi connectivity index (χ4v) is 3.90. The molecule has 1 saturated heterocycles. The minimum absolute atomic E-state index is 0.320. The number of fused-ring (bicyclic) bond motifs is 1. The first-order valence-electron chi connectivity index (χ1n) is 6.94. The highest BCUT2D eigenvalue weighted by Gasteiger charge is 2.41. The summed E-state index contributed by atoms with van der Waals surface area (Å²) in [4.78, 5) is 24.0. The fourth-order valence-electron chi connectivity index (χ4n) is 2.71. The van der Waals surface area contributed by atoms with Gasteiger partial charge in [-0.3, -0.25) is 4.79 Å². The third-order valence-corrected chi connectivity index (χ3v) is 5.08. The Hall–Kier alpha value is -1.53. The standard InChI is InChI=1S/C15H17NO4S/c17-13(10-1-2-11-8-20-9-12(11)7-10)16-15(14(18)19)3-5-21-6-4-15/h1-2,7H,3-6,8-9H2,(H,16,17)(H,18,19). The molecule has 0 aromatic heterocycles. The van der Waals surface area contributed by atoms with Crippen molar-refractivity contribution in [1.29, 1.82) is 0 Å². The molecule has 1 amide bonds. The quantitative estimate of drug-likeness (QED) is 0.890. The summed E-state index contributed by atoms with van der Waals surface area (Å²) >= 11 is 1.72. The zero-order valence-corrected chi connectivity index (χ0v) is 12.4. The summed E-state index contributed by atoms with van der Waals surface area (Å²) in [6.07, 6.45) is 0.930. The first-order chi connectivity index (χ1) is 10.1. The maximum absolute atomic E-state index is 12.4. The van der Waals surface area contributed by atoms with E-state index in [0.29, 0.717) is 31.6 Å². The van der Waals surface area contributed by atoms with Gasteiger partial charge in [-0.05, 0) is 47.6 Å². The van der Waals surface area contributed by atoms with Crippen LogP contribution in [0, 0.1) is 0 Å². The number of nitrogens with one attached hydrogen (secondary N) is 1. The van der Waals surface area contributed by atoms with Crippen LogP contribution in [0.2, 0.25) is 0 Å². The Labute approximate surface area is 127 Å². The van der Waals surface area contributed by atoms with E-state index in [9.17, 15) is 14.7 Å². The van der Waals surface area contributed by atoms with E-state index in [1.807, 2.05) is 6.07 Å². The molecule has 1 aromatic rings. The zero-order valence-electron chi connectivity index (χ0n) is 11.6. The second-order valence-corrected chi connectivity index (χ2v) is 6.65. The third kappa shape index (κ3) is 2.78. The zero-order chi connectivity index (χ0) is 14.9. The number of carbonyl (C=O) groups is 2. The first-order valence-corrected chi connectivity index (χ1v) is 8.09. The van der Waals surface area contributed by atoms with Gasteiger partial charge in [-0.1, -0.05) is 6.07 Å². The molecule has 0 aliphatic carbocycles. The molecule has 112 valence electrons. The molecule has 0 atom stereocenters. The van der Waals surface area contributed by atoms with E-state index in [4.69, 9.17) is 4.74 Å². The van der Waals surface area contributed by atoms with Crippen molar-refractivity contribution in [2.75, 3.05) is 11.5 Å². The second kappa shape index (κ2) is 5.69. The normalized spacial score (nSPS) is 19.8. The van der Waals surface area contributed by atoms with Gasteiger partial charge in [-0.25, -0.2) is 4.79 Å². The molecule has 2 heterocycles. The van der Waals surface area contributed by atoms with Crippen molar-refractivity contribution in [2.24, 2.45) is 0 Å². The van der Waals surface area contributed by atoms with Crippen LogP contribution >= 0.6 is 11.8 Å². The molecule has 0 bridgehead atoms. The van der Waals surface area contributed by atoms with Crippen LogP contribution in [0.1, 0.15) is 34.3 Å². The van der Waals surface area contributed by atoms with Crippen LogP contribution in [0.4, 0.5) is 0 Å².